The van der Waals surface area contributed by atoms with Gasteiger partial charge in [-0.1, -0.05) is 31.5 Å². The highest BCUT2D eigenvalue weighted by Crippen LogP contribution is 2.39. The van der Waals surface area contributed by atoms with Crippen LogP contribution in [0.2, 0.25) is 0 Å². The zero-order valence-corrected chi connectivity index (χ0v) is 19.6. The van der Waals surface area contributed by atoms with E-state index in [2.05, 4.69) is 49.7 Å². The number of aromatic amines is 1. The lowest BCUT2D eigenvalue weighted by molar-refractivity contribution is 0.0694. The molecule has 1 aliphatic heterocycles. The van der Waals surface area contributed by atoms with Gasteiger partial charge in [0.15, 0.2) is 5.82 Å². The molecule has 35 heavy (non-hydrogen) atoms. The minimum Gasteiger partial charge on any atom is -0.478 e. The van der Waals surface area contributed by atoms with Crippen LogP contribution in [0.5, 0.6) is 0 Å². The van der Waals surface area contributed by atoms with Crippen LogP contribution in [0.1, 0.15) is 41.8 Å². The number of tetrazole rings is 1. The Balaban J connectivity index is 1.45. The van der Waals surface area contributed by atoms with Gasteiger partial charge in [-0.15, -0.1) is 5.10 Å². The Labute approximate surface area is 202 Å². The molecule has 1 atom stereocenters. The van der Waals surface area contributed by atoms with Crippen LogP contribution in [-0.2, 0) is 17.7 Å². The molecule has 0 fully saturated rings. The highest BCUT2D eigenvalue weighted by molar-refractivity contribution is 5.99. The summed E-state index contributed by atoms with van der Waals surface area (Å²) in [5.74, 6) is -0.358. The van der Waals surface area contributed by atoms with E-state index in [1.807, 2.05) is 42.2 Å². The normalized spacial score (nSPS) is 14.7. The summed E-state index contributed by atoms with van der Waals surface area (Å²) in [5, 5.41) is 27.4. The van der Waals surface area contributed by atoms with Gasteiger partial charge in [0, 0.05) is 25.0 Å². The standard InChI is InChI=1S/C25H27N7O3/c1-3-6-17-13-21(23-27-29-30-28-23)31(15-17)18-11-9-16(10-12-18)14-32-22-19(24(33)34)7-5-8-20(22)26-25(32)35-4-2/h5,7-13,15,25-26H,3-4,6,14H2,1-2H3,(H,33,34)(H,27,28,29,30). The van der Waals surface area contributed by atoms with Crippen molar-refractivity contribution in [1.29, 1.82) is 0 Å². The molecular weight excluding hydrogens is 446 g/mol. The van der Waals surface area contributed by atoms with Crippen molar-refractivity contribution in [3.63, 3.8) is 0 Å². The number of nitrogens with zero attached hydrogens (tertiary/aromatic N) is 5. The number of aromatic nitrogens is 5. The van der Waals surface area contributed by atoms with Gasteiger partial charge in [-0.3, -0.25) is 0 Å². The first-order chi connectivity index (χ1) is 17.1. The molecule has 3 N–H and O–H groups in total. The van der Waals surface area contributed by atoms with E-state index >= 15 is 0 Å². The highest BCUT2D eigenvalue weighted by Gasteiger charge is 2.33. The van der Waals surface area contributed by atoms with E-state index in [1.165, 1.54) is 5.56 Å². The van der Waals surface area contributed by atoms with E-state index in [4.69, 9.17) is 4.74 Å². The topological polar surface area (TPSA) is 121 Å². The maximum atomic E-state index is 11.9. The number of H-pyrrole nitrogens is 1. The van der Waals surface area contributed by atoms with Crippen molar-refractivity contribution in [3.05, 3.63) is 71.4 Å². The van der Waals surface area contributed by atoms with E-state index in [0.29, 0.717) is 24.7 Å². The molecule has 1 aliphatic rings. The Morgan fingerprint density at radius 2 is 1.97 bits per heavy atom. The molecule has 5 rings (SSSR count). The van der Waals surface area contributed by atoms with Crippen LogP contribution in [-0.4, -0.2) is 49.2 Å². The van der Waals surface area contributed by atoms with E-state index in [0.717, 1.165) is 35.5 Å². The fourth-order valence-corrected chi connectivity index (χ4v) is 4.49. The summed E-state index contributed by atoms with van der Waals surface area (Å²) in [6.07, 6.45) is 3.68. The van der Waals surface area contributed by atoms with Gasteiger partial charge in [-0.05, 0) is 65.2 Å². The SMILES string of the molecule is CCCc1cc(-c2nnn[nH]2)n(-c2ccc(CN3c4c(cccc4C(=O)O)NC3OCC)cc2)c1. The van der Waals surface area contributed by atoms with Crippen LogP contribution < -0.4 is 10.2 Å². The summed E-state index contributed by atoms with van der Waals surface area (Å²) in [6, 6.07) is 15.5. The van der Waals surface area contributed by atoms with Crippen LogP contribution in [0.3, 0.4) is 0 Å². The fourth-order valence-electron chi connectivity index (χ4n) is 4.49. The molecule has 0 radical (unpaired) electrons. The summed E-state index contributed by atoms with van der Waals surface area (Å²) in [4.78, 5) is 13.8. The van der Waals surface area contributed by atoms with Crippen LogP contribution in [0.25, 0.3) is 17.2 Å². The molecule has 180 valence electrons. The zero-order chi connectivity index (χ0) is 24.4. The maximum absolute atomic E-state index is 11.9. The molecule has 0 saturated heterocycles. The Morgan fingerprint density at radius 1 is 1.14 bits per heavy atom. The van der Waals surface area contributed by atoms with E-state index in [1.54, 1.807) is 12.1 Å². The Morgan fingerprint density at radius 3 is 2.66 bits per heavy atom. The number of anilines is 2. The van der Waals surface area contributed by atoms with Crippen molar-refractivity contribution < 1.29 is 14.6 Å². The predicted octanol–water partition coefficient (Wildman–Crippen LogP) is 4.06. The number of benzene rings is 2. The summed E-state index contributed by atoms with van der Waals surface area (Å²) >= 11 is 0. The predicted molar refractivity (Wildman–Crippen MR) is 132 cm³/mol. The quantitative estimate of drug-likeness (QED) is 0.333. The third kappa shape index (κ3) is 4.35. The molecule has 3 heterocycles. The molecule has 0 aliphatic carbocycles. The monoisotopic (exact) mass is 473 g/mol. The third-order valence-corrected chi connectivity index (χ3v) is 6.01. The number of aromatic carboxylic acids is 1. The molecule has 10 nitrogen and oxygen atoms in total. The number of hydrogen-bond donors (Lipinski definition) is 3. The van der Waals surface area contributed by atoms with Crippen molar-refractivity contribution in [1.82, 2.24) is 25.2 Å². The Kier molecular flexibility index (Phi) is 6.19. The molecule has 0 spiro atoms. The molecule has 0 amide bonds. The Hall–Kier alpha value is -4.18. The van der Waals surface area contributed by atoms with Gasteiger partial charge < -0.3 is 24.6 Å². The van der Waals surface area contributed by atoms with Crippen molar-refractivity contribution >= 4 is 17.3 Å². The average molecular weight is 474 g/mol. The van der Waals surface area contributed by atoms with Crippen LogP contribution in [0.4, 0.5) is 11.4 Å². The first-order valence-electron chi connectivity index (χ1n) is 11.6. The minimum absolute atomic E-state index is 0.245. The number of para-hydroxylation sites is 1. The van der Waals surface area contributed by atoms with Crippen molar-refractivity contribution in [2.24, 2.45) is 0 Å². The molecule has 1 unspecified atom stereocenters. The second-order valence-corrected chi connectivity index (χ2v) is 8.36. The first kappa shape index (κ1) is 22.6. The number of carboxylic acids is 1. The number of nitrogens with one attached hydrogen (secondary N) is 2. The zero-order valence-electron chi connectivity index (χ0n) is 19.6. The van der Waals surface area contributed by atoms with E-state index < -0.39 is 12.3 Å². The third-order valence-electron chi connectivity index (χ3n) is 6.01. The first-order valence-corrected chi connectivity index (χ1v) is 11.6. The number of aryl methyl sites for hydroxylation is 1. The molecule has 10 heteroatoms. The molecule has 0 saturated carbocycles. The molecule has 2 aromatic heterocycles. The lowest BCUT2D eigenvalue weighted by Gasteiger charge is -2.27. The van der Waals surface area contributed by atoms with Crippen molar-refractivity contribution in [2.45, 2.75) is 39.6 Å². The lowest BCUT2D eigenvalue weighted by Crippen LogP contribution is -2.38. The van der Waals surface area contributed by atoms with Gasteiger partial charge in [0.25, 0.3) is 0 Å². The molecule has 0 bridgehead atoms. The van der Waals surface area contributed by atoms with Gasteiger partial charge >= 0.3 is 5.97 Å². The number of rotatable bonds is 9. The van der Waals surface area contributed by atoms with Crippen molar-refractivity contribution in [2.75, 3.05) is 16.8 Å². The summed E-state index contributed by atoms with van der Waals surface area (Å²) in [7, 11) is 0. The number of ether oxygens (including phenoxy) is 1. The minimum atomic E-state index is -0.967. The van der Waals surface area contributed by atoms with Gasteiger partial charge in [-0.25, -0.2) is 9.89 Å². The maximum Gasteiger partial charge on any atom is 0.337 e. The van der Waals surface area contributed by atoms with Gasteiger partial charge in [0.05, 0.1) is 22.6 Å². The van der Waals surface area contributed by atoms with Crippen molar-refractivity contribution in [3.8, 4) is 17.2 Å². The number of carboxylic acid groups (broad SMARTS) is 1. The number of fused-ring (bicyclic) bond motifs is 1. The smallest absolute Gasteiger partial charge is 0.337 e. The van der Waals surface area contributed by atoms with Gasteiger partial charge in [-0.2, -0.15) is 0 Å². The van der Waals surface area contributed by atoms with E-state index in [-0.39, 0.29) is 5.56 Å². The fraction of sp³-hybridized carbons (Fsp3) is 0.280. The summed E-state index contributed by atoms with van der Waals surface area (Å²) in [5.41, 5.74) is 5.75. The highest BCUT2D eigenvalue weighted by atomic mass is 16.5. The van der Waals surface area contributed by atoms with Gasteiger partial charge in [0.1, 0.15) is 0 Å². The van der Waals surface area contributed by atoms with Crippen LogP contribution in [0, 0.1) is 0 Å². The van der Waals surface area contributed by atoms with Crippen LogP contribution >= 0.6 is 0 Å². The second kappa shape index (κ2) is 9.59. The molecule has 4 aromatic rings. The summed E-state index contributed by atoms with van der Waals surface area (Å²) in [6.45, 7) is 5.05. The number of hydrogen-bond acceptors (Lipinski definition) is 7. The largest absolute Gasteiger partial charge is 0.478 e. The lowest BCUT2D eigenvalue weighted by atomic mass is 10.1. The molecule has 2 aromatic carbocycles. The van der Waals surface area contributed by atoms with E-state index in [9.17, 15) is 9.90 Å². The summed E-state index contributed by atoms with van der Waals surface area (Å²) < 4.78 is 7.95. The average Bonchev–Trinajstić information content (AvgIpc) is 3.59. The van der Waals surface area contributed by atoms with Crippen LogP contribution in [0.15, 0.2) is 54.7 Å². The molecular formula is C25H27N7O3. The van der Waals surface area contributed by atoms with Gasteiger partial charge in [0.2, 0.25) is 6.35 Å². The Bertz CT molecular complexity index is 1320. The second-order valence-electron chi connectivity index (χ2n) is 8.36. The number of carbonyl (C=O) groups is 1.